The minimum Gasteiger partial charge on any atom is -0.494 e. The molecule has 0 fully saturated rings. The predicted octanol–water partition coefficient (Wildman–Crippen LogP) is 7.59. The minimum atomic E-state index is -0.551. The maximum atomic E-state index is 14.3. The number of unbranched alkanes of at least 4 members (excludes halogenated alkanes) is 8. The van der Waals surface area contributed by atoms with E-state index >= 15 is 0 Å². The summed E-state index contributed by atoms with van der Waals surface area (Å²) in [4.78, 5) is 4.08. The molecular weight excluding hydrogens is 365 g/mol. The van der Waals surface area contributed by atoms with Crippen LogP contribution in [0, 0.1) is 5.95 Å². The van der Waals surface area contributed by atoms with Crippen molar-refractivity contribution in [1.82, 2.24) is 4.98 Å². The molecule has 0 N–H and O–H groups in total. The molecule has 0 aliphatic rings. The van der Waals surface area contributed by atoms with Crippen molar-refractivity contribution in [3.63, 3.8) is 0 Å². The van der Waals surface area contributed by atoms with Crippen LogP contribution in [0.1, 0.15) is 78.1 Å². The Morgan fingerprint density at radius 2 is 1.28 bits per heavy atom. The Balaban J connectivity index is 1.78. The molecule has 1 aromatic carbocycles. The molecule has 2 rings (SSSR count). The zero-order valence-electron chi connectivity index (χ0n) is 18.1. The molecule has 3 nitrogen and oxygen atoms in total. The Bertz CT molecular complexity index is 688. The van der Waals surface area contributed by atoms with Crippen molar-refractivity contribution >= 4 is 0 Å². The van der Waals surface area contributed by atoms with Crippen LogP contribution in [0.4, 0.5) is 4.39 Å². The lowest BCUT2D eigenvalue weighted by Crippen LogP contribution is -2.01. The van der Waals surface area contributed by atoms with E-state index in [4.69, 9.17) is 9.47 Å². The molecule has 0 aliphatic heterocycles. The van der Waals surface area contributed by atoms with Crippen LogP contribution in [-0.2, 0) is 0 Å². The molecule has 2 aromatic rings. The van der Waals surface area contributed by atoms with Gasteiger partial charge in [-0.15, -0.1) is 0 Å². The van der Waals surface area contributed by atoms with Gasteiger partial charge >= 0.3 is 0 Å². The molecule has 0 unspecified atom stereocenters. The highest BCUT2D eigenvalue weighted by Gasteiger charge is 2.08. The fraction of sp³-hybridized carbons (Fsp3) is 0.560. The van der Waals surface area contributed by atoms with Gasteiger partial charge < -0.3 is 9.47 Å². The lowest BCUT2D eigenvalue weighted by atomic mass is 10.1. The number of nitrogens with zero attached hydrogens (tertiary/aromatic N) is 1. The molecule has 160 valence electrons. The number of ether oxygens (including phenoxy) is 2. The molecule has 0 spiro atoms. The number of pyridine rings is 1. The monoisotopic (exact) mass is 401 g/mol. The summed E-state index contributed by atoms with van der Waals surface area (Å²) < 4.78 is 25.6. The maximum absolute atomic E-state index is 14.3. The second kappa shape index (κ2) is 14.0. The topological polar surface area (TPSA) is 31.4 Å². The maximum Gasteiger partial charge on any atom is 0.255 e. The SMILES string of the molecule is CCCCCCCCOc1ccc(-c2ccc(OCCCCCC)cc2)nc1F. The number of halogens is 1. The van der Waals surface area contributed by atoms with Crippen LogP contribution in [0.15, 0.2) is 36.4 Å². The molecule has 0 radical (unpaired) electrons. The van der Waals surface area contributed by atoms with Gasteiger partial charge in [0, 0.05) is 5.56 Å². The van der Waals surface area contributed by atoms with Crippen LogP contribution in [0.25, 0.3) is 11.3 Å². The average Bonchev–Trinajstić information content (AvgIpc) is 2.74. The first-order chi connectivity index (χ1) is 14.2. The molecule has 0 saturated carbocycles. The second-order valence-corrected chi connectivity index (χ2v) is 7.54. The lowest BCUT2D eigenvalue weighted by molar-refractivity contribution is 0.286. The number of benzene rings is 1. The first-order valence-corrected chi connectivity index (χ1v) is 11.3. The van der Waals surface area contributed by atoms with Crippen molar-refractivity contribution in [2.24, 2.45) is 0 Å². The van der Waals surface area contributed by atoms with Gasteiger partial charge in [0.25, 0.3) is 5.95 Å². The van der Waals surface area contributed by atoms with Gasteiger partial charge in [0.15, 0.2) is 5.75 Å². The second-order valence-electron chi connectivity index (χ2n) is 7.54. The number of hydrogen-bond acceptors (Lipinski definition) is 3. The standard InChI is InChI=1S/C25H36FNO2/c1-3-5-7-9-10-12-20-29-24-18-17-23(27-25(24)26)21-13-15-22(16-14-21)28-19-11-8-6-4-2/h13-18H,3-12,19-20H2,1-2H3. The van der Waals surface area contributed by atoms with Gasteiger partial charge in [-0.1, -0.05) is 65.2 Å². The highest BCUT2D eigenvalue weighted by molar-refractivity contribution is 5.60. The van der Waals surface area contributed by atoms with Crippen molar-refractivity contribution in [3.8, 4) is 22.8 Å². The lowest BCUT2D eigenvalue weighted by Gasteiger charge is -2.09. The van der Waals surface area contributed by atoms with Crippen LogP contribution in [0.3, 0.4) is 0 Å². The minimum absolute atomic E-state index is 0.231. The van der Waals surface area contributed by atoms with E-state index in [1.807, 2.05) is 24.3 Å². The Morgan fingerprint density at radius 1 is 0.690 bits per heavy atom. The fourth-order valence-corrected chi connectivity index (χ4v) is 3.20. The fourth-order valence-electron chi connectivity index (χ4n) is 3.20. The summed E-state index contributed by atoms with van der Waals surface area (Å²) in [6.45, 7) is 5.68. The molecule has 0 saturated heterocycles. The van der Waals surface area contributed by atoms with Crippen LogP contribution in [0.2, 0.25) is 0 Å². The van der Waals surface area contributed by atoms with Gasteiger partial charge in [-0.05, 0) is 49.2 Å². The third kappa shape index (κ3) is 8.84. The van der Waals surface area contributed by atoms with Gasteiger partial charge in [-0.3, -0.25) is 0 Å². The zero-order valence-corrected chi connectivity index (χ0v) is 18.1. The molecule has 0 atom stereocenters. The third-order valence-electron chi connectivity index (χ3n) is 4.99. The summed E-state index contributed by atoms with van der Waals surface area (Å²) in [6.07, 6.45) is 11.8. The summed E-state index contributed by atoms with van der Waals surface area (Å²) in [5, 5.41) is 0. The van der Waals surface area contributed by atoms with E-state index in [2.05, 4.69) is 18.8 Å². The first-order valence-electron chi connectivity index (χ1n) is 11.3. The summed E-state index contributed by atoms with van der Waals surface area (Å²) >= 11 is 0. The molecule has 0 aliphatic carbocycles. The molecule has 0 amide bonds. The van der Waals surface area contributed by atoms with E-state index in [0.717, 1.165) is 37.2 Å². The Morgan fingerprint density at radius 3 is 1.93 bits per heavy atom. The van der Waals surface area contributed by atoms with Crippen molar-refractivity contribution in [2.75, 3.05) is 13.2 Å². The number of aromatic nitrogens is 1. The quantitative estimate of drug-likeness (QED) is 0.228. The van der Waals surface area contributed by atoms with Gasteiger partial charge in [-0.25, -0.2) is 4.98 Å². The third-order valence-corrected chi connectivity index (χ3v) is 4.99. The van der Waals surface area contributed by atoms with Crippen LogP contribution >= 0.6 is 0 Å². The molecule has 1 heterocycles. The Kier molecular flexibility index (Phi) is 11.2. The number of hydrogen-bond donors (Lipinski definition) is 0. The van der Waals surface area contributed by atoms with Crippen molar-refractivity contribution in [1.29, 1.82) is 0 Å². The summed E-state index contributed by atoms with van der Waals surface area (Å²) in [5.41, 5.74) is 1.47. The number of rotatable bonds is 15. The van der Waals surface area contributed by atoms with Crippen LogP contribution in [-0.4, -0.2) is 18.2 Å². The van der Waals surface area contributed by atoms with Gasteiger partial charge in [0.1, 0.15) is 5.75 Å². The van der Waals surface area contributed by atoms with E-state index < -0.39 is 5.95 Å². The summed E-state index contributed by atoms with van der Waals surface area (Å²) in [6, 6.07) is 11.1. The van der Waals surface area contributed by atoms with Gasteiger partial charge in [0.05, 0.1) is 18.9 Å². The summed E-state index contributed by atoms with van der Waals surface area (Å²) in [5.74, 6) is 0.517. The van der Waals surface area contributed by atoms with E-state index in [0.29, 0.717) is 12.3 Å². The molecule has 1 aromatic heterocycles. The van der Waals surface area contributed by atoms with E-state index in [1.165, 1.54) is 44.9 Å². The Hall–Kier alpha value is -2.10. The Labute approximate surface area is 175 Å². The van der Waals surface area contributed by atoms with Crippen molar-refractivity contribution < 1.29 is 13.9 Å². The highest BCUT2D eigenvalue weighted by Crippen LogP contribution is 2.24. The van der Waals surface area contributed by atoms with Crippen molar-refractivity contribution in [3.05, 3.63) is 42.3 Å². The average molecular weight is 402 g/mol. The highest BCUT2D eigenvalue weighted by atomic mass is 19.1. The van der Waals surface area contributed by atoms with E-state index in [-0.39, 0.29) is 5.75 Å². The normalized spacial score (nSPS) is 10.9. The van der Waals surface area contributed by atoms with E-state index in [9.17, 15) is 4.39 Å². The van der Waals surface area contributed by atoms with Crippen LogP contribution in [0.5, 0.6) is 11.5 Å². The summed E-state index contributed by atoms with van der Waals surface area (Å²) in [7, 11) is 0. The van der Waals surface area contributed by atoms with Gasteiger partial charge in [0.2, 0.25) is 0 Å². The molecule has 0 bridgehead atoms. The molecule has 4 heteroatoms. The van der Waals surface area contributed by atoms with Crippen LogP contribution < -0.4 is 9.47 Å². The van der Waals surface area contributed by atoms with Gasteiger partial charge in [-0.2, -0.15) is 4.39 Å². The zero-order chi connectivity index (χ0) is 20.7. The van der Waals surface area contributed by atoms with E-state index in [1.54, 1.807) is 12.1 Å². The first kappa shape index (κ1) is 23.2. The predicted molar refractivity (Wildman–Crippen MR) is 118 cm³/mol. The molecular formula is C25H36FNO2. The van der Waals surface area contributed by atoms with Crippen molar-refractivity contribution in [2.45, 2.75) is 78.1 Å². The smallest absolute Gasteiger partial charge is 0.255 e. The largest absolute Gasteiger partial charge is 0.494 e. The molecule has 29 heavy (non-hydrogen) atoms.